The molecule has 2 heterocycles. The highest BCUT2D eigenvalue weighted by Gasteiger charge is 2.19. The highest BCUT2D eigenvalue weighted by molar-refractivity contribution is 5.80. The smallest absolute Gasteiger partial charge is 0.194 e. The first-order chi connectivity index (χ1) is 13.8. The maximum absolute atomic E-state index is 5.48. The van der Waals surface area contributed by atoms with Crippen LogP contribution in [-0.2, 0) is 30.8 Å². The maximum atomic E-state index is 5.48. The topological polar surface area (TPSA) is 40.1 Å². The van der Waals surface area contributed by atoms with Crippen LogP contribution in [0.15, 0.2) is 53.5 Å². The summed E-state index contributed by atoms with van der Waals surface area (Å²) in [6.45, 7) is 7.40. The van der Waals surface area contributed by atoms with Crippen molar-refractivity contribution in [1.82, 2.24) is 15.1 Å². The fourth-order valence-electron chi connectivity index (χ4n) is 4.07. The van der Waals surface area contributed by atoms with Crippen LogP contribution in [-0.4, -0.2) is 55.7 Å². The summed E-state index contributed by atoms with van der Waals surface area (Å²) in [5, 5.41) is 3.60. The largest absolute Gasteiger partial charge is 0.379 e. The van der Waals surface area contributed by atoms with Gasteiger partial charge in [-0.2, -0.15) is 0 Å². The summed E-state index contributed by atoms with van der Waals surface area (Å²) in [6, 6.07) is 17.5. The van der Waals surface area contributed by atoms with Gasteiger partial charge in [-0.05, 0) is 28.7 Å². The first-order valence-corrected chi connectivity index (χ1v) is 10.2. The Morgan fingerprint density at radius 1 is 0.964 bits per heavy atom. The number of nitrogens with zero attached hydrogens (tertiary/aromatic N) is 3. The zero-order chi connectivity index (χ0) is 19.2. The van der Waals surface area contributed by atoms with Crippen molar-refractivity contribution in [2.24, 2.45) is 4.99 Å². The standard InChI is InChI=1S/C23H30N4O/c1-24-23(27-11-10-19-6-2-4-9-22(19)18-27)25-16-20-7-3-5-8-21(20)17-26-12-14-28-15-13-26/h2-9H,10-18H2,1H3,(H,24,25). The third kappa shape index (κ3) is 4.54. The van der Waals surface area contributed by atoms with Crippen LogP contribution in [0.1, 0.15) is 22.3 Å². The van der Waals surface area contributed by atoms with Crippen molar-refractivity contribution in [3.8, 4) is 0 Å². The minimum absolute atomic E-state index is 0.797. The van der Waals surface area contributed by atoms with E-state index in [0.717, 1.165) is 64.9 Å². The Labute approximate surface area is 168 Å². The number of fused-ring (bicyclic) bond motifs is 1. The molecule has 0 radical (unpaired) electrons. The zero-order valence-electron chi connectivity index (χ0n) is 16.7. The van der Waals surface area contributed by atoms with E-state index in [0.29, 0.717) is 0 Å². The zero-order valence-corrected chi connectivity index (χ0v) is 16.7. The third-order valence-corrected chi connectivity index (χ3v) is 5.69. The number of rotatable bonds is 4. The molecule has 4 rings (SSSR count). The van der Waals surface area contributed by atoms with Gasteiger partial charge in [0.15, 0.2) is 5.96 Å². The molecule has 0 atom stereocenters. The number of hydrogen-bond acceptors (Lipinski definition) is 3. The molecule has 2 aromatic carbocycles. The SMILES string of the molecule is CN=C(NCc1ccccc1CN1CCOCC1)N1CCc2ccccc2C1. The number of aliphatic imine (C=N–C) groups is 1. The second-order valence-corrected chi connectivity index (χ2v) is 7.50. The van der Waals surface area contributed by atoms with Gasteiger partial charge >= 0.3 is 0 Å². The van der Waals surface area contributed by atoms with Crippen molar-refractivity contribution in [2.45, 2.75) is 26.1 Å². The van der Waals surface area contributed by atoms with Crippen molar-refractivity contribution >= 4 is 5.96 Å². The molecule has 2 aliphatic rings. The van der Waals surface area contributed by atoms with Gasteiger partial charge in [0.05, 0.1) is 13.2 Å². The lowest BCUT2D eigenvalue weighted by Crippen LogP contribution is -2.43. The number of morpholine rings is 1. The summed E-state index contributed by atoms with van der Waals surface area (Å²) in [6.07, 6.45) is 1.07. The van der Waals surface area contributed by atoms with E-state index in [9.17, 15) is 0 Å². The van der Waals surface area contributed by atoms with Crippen molar-refractivity contribution in [3.05, 3.63) is 70.8 Å². The van der Waals surface area contributed by atoms with Gasteiger partial charge in [0.1, 0.15) is 0 Å². The molecule has 2 aromatic rings. The molecule has 0 bridgehead atoms. The molecule has 5 nitrogen and oxygen atoms in total. The molecule has 1 saturated heterocycles. The molecular formula is C23H30N4O. The Morgan fingerprint density at radius 2 is 1.68 bits per heavy atom. The lowest BCUT2D eigenvalue weighted by Gasteiger charge is -2.32. The monoisotopic (exact) mass is 378 g/mol. The van der Waals surface area contributed by atoms with Crippen molar-refractivity contribution in [3.63, 3.8) is 0 Å². The first-order valence-electron chi connectivity index (χ1n) is 10.2. The van der Waals surface area contributed by atoms with Gasteiger partial charge in [-0.3, -0.25) is 9.89 Å². The summed E-state index contributed by atoms with van der Waals surface area (Å²) >= 11 is 0. The maximum Gasteiger partial charge on any atom is 0.194 e. The van der Waals surface area contributed by atoms with Gasteiger partial charge in [-0.1, -0.05) is 48.5 Å². The summed E-state index contributed by atoms with van der Waals surface area (Å²) in [7, 11) is 1.88. The number of benzene rings is 2. The highest BCUT2D eigenvalue weighted by atomic mass is 16.5. The predicted octanol–water partition coefficient (Wildman–Crippen LogP) is 2.65. The van der Waals surface area contributed by atoms with Crippen LogP contribution in [0.3, 0.4) is 0 Å². The van der Waals surface area contributed by atoms with Crippen LogP contribution < -0.4 is 5.32 Å². The molecule has 2 aliphatic heterocycles. The van der Waals surface area contributed by atoms with Crippen molar-refractivity contribution in [1.29, 1.82) is 0 Å². The fraction of sp³-hybridized carbons (Fsp3) is 0.435. The van der Waals surface area contributed by atoms with Crippen LogP contribution in [0.25, 0.3) is 0 Å². The summed E-state index contributed by atoms with van der Waals surface area (Å²) in [5.41, 5.74) is 5.60. The van der Waals surface area contributed by atoms with E-state index in [-0.39, 0.29) is 0 Å². The lowest BCUT2D eigenvalue weighted by molar-refractivity contribution is 0.0341. The Morgan fingerprint density at radius 3 is 2.46 bits per heavy atom. The van der Waals surface area contributed by atoms with Crippen LogP contribution >= 0.6 is 0 Å². The van der Waals surface area contributed by atoms with Crippen LogP contribution in [0.5, 0.6) is 0 Å². The molecule has 148 valence electrons. The molecule has 0 spiro atoms. The van der Waals surface area contributed by atoms with Crippen LogP contribution in [0.2, 0.25) is 0 Å². The number of guanidine groups is 1. The first kappa shape index (κ1) is 19.0. The Kier molecular flexibility index (Phi) is 6.24. The van der Waals surface area contributed by atoms with Crippen LogP contribution in [0.4, 0.5) is 0 Å². The highest BCUT2D eigenvalue weighted by Crippen LogP contribution is 2.19. The number of ether oxygens (including phenoxy) is 1. The van der Waals surface area contributed by atoms with E-state index in [1.807, 2.05) is 7.05 Å². The molecule has 28 heavy (non-hydrogen) atoms. The fourth-order valence-corrected chi connectivity index (χ4v) is 4.07. The third-order valence-electron chi connectivity index (χ3n) is 5.69. The van der Waals surface area contributed by atoms with Gasteiger partial charge in [0.2, 0.25) is 0 Å². The molecular weight excluding hydrogens is 348 g/mol. The van der Waals surface area contributed by atoms with Gasteiger partial charge in [-0.15, -0.1) is 0 Å². The molecule has 1 N–H and O–H groups in total. The molecule has 0 amide bonds. The average Bonchev–Trinajstić information content (AvgIpc) is 2.76. The second kappa shape index (κ2) is 9.22. The van der Waals surface area contributed by atoms with E-state index >= 15 is 0 Å². The van der Waals surface area contributed by atoms with E-state index in [4.69, 9.17) is 4.74 Å². The average molecular weight is 379 g/mol. The van der Waals surface area contributed by atoms with Crippen molar-refractivity contribution in [2.75, 3.05) is 39.9 Å². The molecule has 0 unspecified atom stereocenters. The molecule has 0 aliphatic carbocycles. The van der Waals surface area contributed by atoms with E-state index in [2.05, 4.69) is 68.6 Å². The van der Waals surface area contributed by atoms with Gasteiger partial charge in [-0.25, -0.2) is 0 Å². The predicted molar refractivity (Wildman–Crippen MR) is 113 cm³/mol. The molecule has 5 heteroatoms. The molecule has 0 aromatic heterocycles. The Hall–Kier alpha value is -2.37. The Balaban J connectivity index is 1.39. The molecule has 0 saturated carbocycles. The minimum Gasteiger partial charge on any atom is -0.379 e. The minimum atomic E-state index is 0.797. The van der Waals surface area contributed by atoms with E-state index in [1.165, 1.54) is 22.3 Å². The second-order valence-electron chi connectivity index (χ2n) is 7.50. The van der Waals surface area contributed by atoms with E-state index < -0.39 is 0 Å². The summed E-state index contributed by atoms with van der Waals surface area (Å²) < 4.78 is 5.48. The molecule has 1 fully saturated rings. The van der Waals surface area contributed by atoms with Gasteiger partial charge < -0.3 is 15.0 Å². The summed E-state index contributed by atoms with van der Waals surface area (Å²) in [5.74, 6) is 0.982. The normalized spacial score (nSPS) is 18.0. The van der Waals surface area contributed by atoms with E-state index in [1.54, 1.807) is 0 Å². The number of nitrogens with one attached hydrogen (secondary N) is 1. The van der Waals surface area contributed by atoms with Gasteiger partial charge in [0.25, 0.3) is 0 Å². The Bertz CT molecular complexity index is 814. The quantitative estimate of drug-likeness (QED) is 0.656. The van der Waals surface area contributed by atoms with Crippen molar-refractivity contribution < 1.29 is 4.74 Å². The lowest BCUT2D eigenvalue weighted by atomic mass is 10.0. The van der Waals surface area contributed by atoms with Crippen LogP contribution in [0, 0.1) is 0 Å². The number of hydrogen-bond donors (Lipinski definition) is 1. The summed E-state index contributed by atoms with van der Waals surface area (Å²) in [4.78, 5) is 9.37. The van der Waals surface area contributed by atoms with Gasteiger partial charge in [0, 0.05) is 46.3 Å².